The number of benzene rings is 1. The quantitative estimate of drug-likeness (QED) is 0.840. The number of aliphatic hydroxyl groups is 1. The van der Waals surface area contributed by atoms with Crippen molar-refractivity contribution in [3.63, 3.8) is 0 Å². The lowest BCUT2D eigenvalue weighted by Crippen LogP contribution is -2.32. The molecule has 0 aliphatic carbocycles. The van der Waals surface area contributed by atoms with Crippen molar-refractivity contribution in [1.29, 1.82) is 0 Å². The smallest absolute Gasteiger partial charge is 0.255 e. The van der Waals surface area contributed by atoms with Crippen molar-refractivity contribution in [3.8, 4) is 11.8 Å². The second-order valence-electron chi connectivity index (χ2n) is 4.35. The first kappa shape index (κ1) is 16.2. The van der Waals surface area contributed by atoms with Gasteiger partial charge in [0.05, 0.1) is 12.2 Å². The zero-order valence-corrected chi connectivity index (χ0v) is 11.9. The molecule has 0 heterocycles. The van der Waals surface area contributed by atoms with E-state index in [1.54, 1.807) is 4.90 Å². The molecule has 3 nitrogen and oxygen atoms in total. The summed E-state index contributed by atoms with van der Waals surface area (Å²) in [5.41, 5.74) is 0.783. The van der Waals surface area contributed by atoms with Gasteiger partial charge < -0.3 is 10.0 Å². The second kappa shape index (κ2) is 8.34. The van der Waals surface area contributed by atoms with Gasteiger partial charge in [-0.2, -0.15) is 0 Å². The maximum absolute atomic E-state index is 13.4. The highest BCUT2D eigenvalue weighted by Crippen LogP contribution is 2.14. The Labute approximate surface area is 119 Å². The Morgan fingerprint density at radius 2 is 2.15 bits per heavy atom. The van der Waals surface area contributed by atoms with Crippen LogP contribution >= 0.6 is 0 Å². The summed E-state index contributed by atoms with van der Waals surface area (Å²) in [7, 11) is 0. The lowest BCUT2D eigenvalue weighted by atomic mass is 10.1. The molecule has 1 aromatic rings. The van der Waals surface area contributed by atoms with Gasteiger partial charge in [0.2, 0.25) is 0 Å². The zero-order valence-electron chi connectivity index (χ0n) is 11.9. The molecule has 0 unspecified atom stereocenters. The van der Waals surface area contributed by atoms with Crippen LogP contribution in [0.2, 0.25) is 0 Å². The number of halogens is 1. The molecule has 108 valence electrons. The predicted molar refractivity (Wildman–Crippen MR) is 76.8 cm³/mol. The first-order valence-corrected chi connectivity index (χ1v) is 6.82. The molecule has 1 N–H and O–H groups in total. The fourth-order valence-corrected chi connectivity index (χ4v) is 1.86. The SMILES string of the molecule is CCCN(CC)C(=O)c1cc(F)ccc1C#CCCO. The van der Waals surface area contributed by atoms with Crippen molar-refractivity contribution in [2.75, 3.05) is 19.7 Å². The summed E-state index contributed by atoms with van der Waals surface area (Å²) < 4.78 is 13.4. The van der Waals surface area contributed by atoms with Gasteiger partial charge in [-0.05, 0) is 31.5 Å². The van der Waals surface area contributed by atoms with Gasteiger partial charge in [-0.1, -0.05) is 18.8 Å². The number of hydrogen-bond acceptors (Lipinski definition) is 2. The van der Waals surface area contributed by atoms with Gasteiger partial charge in [0.1, 0.15) is 5.82 Å². The van der Waals surface area contributed by atoms with Crippen LogP contribution in [0.15, 0.2) is 18.2 Å². The van der Waals surface area contributed by atoms with Crippen molar-refractivity contribution < 1.29 is 14.3 Å². The molecule has 1 amide bonds. The van der Waals surface area contributed by atoms with Crippen LogP contribution in [0.4, 0.5) is 4.39 Å². The van der Waals surface area contributed by atoms with Crippen molar-refractivity contribution in [2.45, 2.75) is 26.7 Å². The largest absolute Gasteiger partial charge is 0.395 e. The molecule has 20 heavy (non-hydrogen) atoms. The molecule has 1 rings (SSSR count). The van der Waals surface area contributed by atoms with Crippen LogP contribution in [0.1, 0.15) is 42.6 Å². The van der Waals surface area contributed by atoms with Crippen molar-refractivity contribution in [2.24, 2.45) is 0 Å². The molecule has 0 aliphatic rings. The Hall–Kier alpha value is -1.86. The molecule has 0 saturated heterocycles. The van der Waals surface area contributed by atoms with Crippen molar-refractivity contribution in [1.82, 2.24) is 4.90 Å². The van der Waals surface area contributed by atoms with E-state index in [9.17, 15) is 9.18 Å². The molecule has 0 aliphatic heterocycles. The van der Waals surface area contributed by atoms with Gasteiger partial charge in [0.15, 0.2) is 0 Å². The number of carbonyl (C=O) groups excluding carboxylic acids is 1. The highest BCUT2D eigenvalue weighted by molar-refractivity contribution is 5.96. The second-order valence-corrected chi connectivity index (χ2v) is 4.35. The fourth-order valence-electron chi connectivity index (χ4n) is 1.86. The Bertz CT molecular complexity index is 517. The minimum atomic E-state index is -0.450. The first-order valence-electron chi connectivity index (χ1n) is 6.82. The third-order valence-electron chi connectivity index (χ3n) is 2.83. The van der Waals surface area contributed by atoms with Gasteiger partial charge in [0.25, 0.3) is 5.91 Å². The zero-order chi connectivity index (χ0) is 15.0. The van der Waals surface area contributed by atoms with E-state index in [1.165, 1.54) is 18.2 Å². The Morgan fingerprint density at radius 1 is 1.40 bits per heavy atom. The van der Waals surface area contributed by atoms with E-state index in [1.807, 2.05) is 13.8 Å². The molecule has 0 atom stereocenters. The van der Waals surface area contributed by atoms with Crippen LogP contribution in [-0.4, -0.2) is 35.6 Å². The molecular formula is C16H20FNO2. The number of amides is 1. The summed E-state index contributed by atoms with van der Waals surface area (Å²) in [6, 6.07) is 4.02. The predicted octanol–water partition coefficient (Wildman–Crippen LogP) is 2.43. The normalized spacial score (nSPS) is 9.80. The molecule has 0 saturated carbocycles. The third kappa shape index (κ3) is 4.36. The van der Waals surface area contributed by atoms with Crippen LogP contribution < -0.4 is 0 Å². The van der Waals surface area contributed by atoms with Crippen LogP contribution in [-0.2, 0) is 0 Å². The highest BCUT2D eigenvalue weighted by atomic mass is 19.1. The Balaban J connectivity index is 3.11. The number of rotatable bonds is 5. The summed E-state index contributed by atoms with van der Waals surface area (Å²) in [6.07, 6.45) is 1.18. The van der Waals surface area contributed by atoms with E-state index < -0.39 is 5.82 Å². The summed E-state index contributed by atoms with van der Waals surface area (Å²) in [6.45, 7) is 5.06. The number of nitrogens with zero attached hydrogens (tertiary/aromatic N) is 1. The van der Waals surface area contributed by atoms with Crippen molar-refractivity contribution >= 4 is 5.91 Å². The Morgan fingerprint density at radius 3 is 2.75 bits per heavy atom. The van der Waals surface area contributed by atoms with E-state index in [0.29, 0.717) is 25.1 Å². The average Bonchev–Trinajstić information content (AvgIpc) is 2.45. The van der Waals surface area contributed by atoms with E-state index in [2.05, 4.69) is 11.8 Å². The summed E-state index contributed by atoms with van der Waals surface area (Å²) in [5, 5.41) is 8.73. The van der Waals surface area contributed by atoms with E-state index in [-0.39, 0.29) is 18.1 Å². The van der Waals surface area contributed by atoms with E-state index in [0.717, 1.165) is 6.42 Å². The lowest BCUT2D eigenvalue weighted by Gasteiger charge is -2.20. The Kier molecular flexibility index (Phi) is 6.75. The van der Waals surface area contributed by atoms with Gasteiger partial charge in [-0.15, -0.1) is 0 Å². The monoisotopic (exact) mass is 277 g/mol. The molecule has 0 spiro atoms. The first-order chi connectivity index (χ1) is 9.63. The maximum atomic E-state index is 13.4. The number of aliphatic hydroxyl groups excluding tert-OH is 1. The minimum Gasteiger partial charge on any atom is -0.395 e. The highest BCUT2D eigenvalue weighted by Gasteiger charge is 2.17. The average molecular weight is 277 g/mol. The van der Waals surface area contributed by atoms with Gasteiger partial charge in [-0.3, -0.25) is 4.79 Å². The van der Waals surface area contributed by atoms with E-state index >= 15 is 0 Å². The van der Waals surface area contributed by atoms with E-state index in [4.69, 9.17) is 5.11 Å². The molecule has 0 aromatic heterocycles. The van der Waals surface area contributed by atoms with Crippen LogP contribution in [0.5, 0.6) is 0 Å². The summed E-state index contributed by atoms with van der Waals surface area (Å²) in [4.78, 5) is 14.1. The lowest BCUT2D eigenvalue weighted by molar-refractivity contribution is 0.0763. The van der Waals surface area contributed by atoms with Gasteiger partial charge >= 0.3 is 0 Å². The van der Waals surface area contributed by atoms with Gasteiger partial charge in [0, 0.05) is 25.1 Å². The summed E-state index contributed by atoms with van der Waals surface area (Å²) >= 11 is 0. The standard InChI is InChI=1S/C16H20FNO2/c1-3-10-18(4-2)16(20)15-12-14(17)9-8-13(15)7-5-6-11-19/h8-9,12,19H,3-4,6,10-11H2,1-2H3. The van der Waals surface area contributed by atoms with Crippen molar-refractivity contribution in [3.05, 3.63) is 35.1 Å². The third-order valence-corrected chi connectivity index (χ3v) is 2.83. The number of carbonyl (C=O) groups is 1. The minimum absolute atomic E-state index is 0.0333. The maximum Gasteiger partial charge on any atom is 0.255 e. The fraction of sp³-hybridized carbons (Fsp3) is 0.438. The topological polar surface area (TPSA) is 40.5 Å². The van der Waals surface area contributed by atoms with Crippen LogP contribution in [0, 0.1) is 17.7 Å². The molecule has 0 radical (unpaired) electrons. The summed E-state index contributed by atoms with van der Waals surface area (Å²) in [5.74, 6) is 4.92. The molecule has 4 heteroatoms. The van der Waals surface area contributed by atoms with Crippen LogP contribution in [0.25, 0.3) is 0 Å². The molecule has 0 bridgehead atoms. The van der Waals surface area contributed by atoms with Crippen LogP contribution in [0.3, 0.4) is 0 Å². The molecule has 0 fully saturated rings. The van der Waals surface area contributed by atoms with Gasteiger partial charge in [-0.25, -0.2) is 4.39 Å². The molecular weight excluding hydrogens is 257 g/mol. The molecule has 1 aromatic carbocycles. The number of hydrogen-bond donors (Lipinski definition) is 1.